The fourth-order valence-corrected chi connectivity index (χ4v) is 2.33. The molecule has 0 amide bonds. The largest absolute Gasteiger partial charge is 0.378 e. The Bertz CT molecular complexity index is 224. The van der Waals surface area contributed by atoms with Crippen LogP contribution in [-0.4, -0.2) is 26.9 Å². The van der Waals surface area contributed by atoms with Gasteiger partial charge in [-0.15, -0.1) is 0 Å². The summed E-state index contributed by atoms with van der Waals surface area (Å²) in [5.41, 5.74) is 0. The molecule has 0 radical (unpaired) electrons. The van der Waals surface area contributed by atoms with E-state index in [1.807, 2.05) is 6.92 Å². The first kappa shape index (κ1) is 8.96. The third-order valence-electron chi connectivity index (χ3n) is 1.98. The Morgan fingerprint density at radius 2 is 2.27 bits per heavy atom. The molecule has 66 valence electrons. The highest BCUT2D eigenvalue weighted by atomic mass is 32.2. The molecule has 1 aliphatic rings. The van der Waals surface area contributed by atoms with Crippen LogP contribution < -0.4 is 5.14 Å². The van der Waals surface area contributed by atoms with Gasteiger partial charge in [-0.05, 0) is 13.3 Å². The second kappa shape index (κ2) is 3.08. The third-order valence-corrected chi connectivity index (χ3v) is 2.87. The van der Waals surface area contributed by atoms with Crippen molar-refractivity contribution < 1.29 is 13.2 Å². The highest BCUT2D eigenvalue weighted by Crippen LogP contribution is 2.20. The monoisotopic (exact) mass is 179 g/mol. The maximum atomic E-state index is 10.7. The number of hydrogen-bond acceptors (Lipinski definition) is 3. The summed E-state index contributed by atoms with van der Waals surface area (Å²) in [7, 11) is -3.32. The van der Waals surface area contributed by atoms with Crippen LogP contribution in [-0.2, 0) is 14.8 Å². The van der Waals surface area contributed by atoms with Crippen LogP contribution in [0.5, 0.6) is 0 Å². The zero-order chi connectivity index (χ0) is 8.48. The predicted octanol–water partition coefficient (Wildman–Crippen LogP) is -0.300. The van der Waals surface area contributed by atoms with E-state index in [1.54, 1.807) is 0 Å². The van der Waals surface area contributed by atoms with E-state index in [2.05, 4.69) is 0 Å². The van der Waals surface area contributed by atoms with Gasteiger partial charge in [0.25, 0.3) is 0 Å². The minimum atomic E-state index is -3.32. The van der Waals surface area contributed by atoms with Crippen molar-refractivity contribution in [1.82, 2.24) is 0 Å². The molecule has 1 saturated heterocycles. The Morgan fingerprint density at radius 1 is 1.64 bits per heavy atom. The molecule has 1 aliphatic heterocycles. The second-order valence-electron chi connectivity index (χ2n) is 2.95. The van der Waals surface area contributed by atoms with E-state index in [1.165, 1.54) is 0 Å². The topological polar surface area (TPSA) is 69.4 Å². The SMILES string of the molecule is C[C@@H]1OCC[C@@H]1CS(N)(=O)=O. The molecular formula is C6H13NO3S. The Hall–Kier alpha value is -0.130. The molecule has 0 aromatic carbocycles. The molecule has 11 heavy (non-hydrogen) atoms. The molecule has 1 rings (SSSR count). The first-order chi connectivity index (χ1) is 4.99. The molecule has 1 heterocycles. The second-order valence-corrected chi connectivity index (χ2v) is 4.61. The molecule has 1 fully saturated rings. The van der Waals surface area contributed by atoms with Crippen molar-refractivity contribution in [3.8, 4) is 0 Å². The molecule has 0 saturated carbocycles. The minimum absolute atomic E-state index is 0.0355. The zero-order valence-corrected chi connectivity index (χ0v) is 7.30. The van der Waals surface area contributed by atoms with Gasteiger partial charge in [-0.1, -0.05) is 0 Å². The van der Waals surface area contributed by atoms with E-state index in [-0.39, 0.29) is 17.8 Å². The molecular weight excluding hydrogens is 166 g/mol. The summed E-state index contributed by atoms with van der Waals surface area (Å²) in [6.07, 6.45) is 0.839. The number of primary sulfonamides is 1. The molecule has 0 bridgehead atoms. The molecule has 0 aromatic heterocycles. The first-order valence-electron chi connectivity index (χ1n) is 3.61. The van der Waals surface area contributed by atoms with Crippen LogP contribution in [0.4, 0.5) is 0 Å². The first-order valence-corrected chi connectivity index (χ1v) is 5.32. The average Bonchev–Trinajstić information content (AvgIpc) is 2.12. The van der Waals surface area contributed by atoms with Crippen molar-refractivity contribution in [2.45, 2.75) is 19.4 Å². The van der Waals surface area contributed by atoms with Gasteiger partial charge in [0.15, 0.2) is 0 Å². The standard InChI is InChI=1S/C6H13NO3S/c1-5-6(2-3-10-5)4-11(7,8)9/h5-6H,2-4H2,1H3,(H2,7,8,9)/t5-,6+/m0/s1. The van der Waals surface area contributed by atoms with Gasteiger partial charge in [-0.25, -0.2) is 13.6 Å². The van der Waals surface area contributed by atoms with Gasteiger partial charge in [0.2, 0.25) is 10.0 Å². The maximum Gasteiger partial charge on any atom is 0.209 e. The van der Waals surface area contributed by atoms with Crippen LogP contribution in [0.25, 0.3) is 0 Å². The van der Waals surface area contributed by atoms with Crippen molar-refractivity contribution >= 4 is 10.0 Å². The van der Waals surface area contributed by atoms with Gasteiger partial charge in [0, 0.05) is 12.5 Å². The van der Waals surface area contributed by atoms with Gasteiger partial charge in [0.1, 0.15) is 0 Å². The summed E-state index contributed by atoms with van der Waals surface area (Å²) >= 11 is 0. The van der Waals surface area contributed by atoms with Crippen LogP contribution in [0.15, 0.2) is 0 Å². The summed E-state index contributed by atoms with van der Waals surface area (Å²) in [6.45, 7) is 2.53. The average molecular weight is 179 g/mol. The molecule has 0 spiro atoms. The predicted molar refractivity (Wildman–Crippen MR) is 41.5 cm³/mol. The molecule has 2 N–H and O–H groups in total. The zero-order valence-electron chi connectivity index (χ0n) is 6.49. The van der Waals surface area contributed by atoms with Crippen molar-refractivity contribution in [2.24, 2.45) is 11.1 Å². The lowest BCUT2D eigenvalue weighted by Gasteiger charge is -2.11. The lowest BCUT2D eigenvalue weighted by molar-refractivity contribution is 0.110. The van der Waals surface area contributed by atoms with Gasteiger partial charge >= 0.3 is 0 Å². The van der Waals surface area contributed by atoms with Gasteiger partial charge in [-0.3, -0.25) is 0 Å². The van der Waals surface area contributed by atoms with Crippen molar-refractivity contribution in [1.29, 1.82) is 0 Å². The molecule has 0 aromatic rings. The summed E-state index contributed by atoms with van der Waals surface area (Å²) in [5, 5.41) is 4.89. The Labute approximate surface area is 66.8 Å². The fraction of sp³-hybridized carbons (Fsp3) is 1.00. The number of sulfonamides is 1. The van der Waals surface area contributed by atoms with E-state index in [9.17, 15) is 8.42 Å². The van der Waals surface area contributed by atoms with Crippen LogP contribution >= 0.6 is 0 Å². The fourth-order valence-electron chi connectivity index (χ4n) is 1.29. The van der Waals surface area contributed by atoms with Crippen molar-refractivity contribution in [3.63, 3.8) is 0 Å². The van der Waals surface area contributed by atoms with Crippen LogP contribution in [0.3, 0.4) is 0 Å². The van der Waals surface area contributed by atoms with E-state index in [0.29, 0.717) is 6.61 Å². The smallest absolute Gasteiger partial charge is 0.209 e. The quantitative estimate of drug-likeness (QED) is 0.632. The van der Waals surface area contributed by atoms with Gasteiger partial charge in [0.05, 0.1) is 11.9 Å². The maximum absolute atomic E-state index is 10.7. The lowest BCUT2D eigenvalue weighted by Crippen LogP contribution is -2.26. The summed E-state index contributed by atoms with van der Waals surface area (Å²) < 4.78 is 26.5. The third kappa shape index (κ3) is 2.76. The Balaban J connectivity index is 2.50. The van der Waals surface area contributed by atoms with Crippen LogP contribution in [0.1, 0.15) is 13.3 Å². The lowest BCUT2D eigenvalue weighted by atomic mass is 10.1. The van der Waals surface area contributed by atoms with Gasteiger partial charge < -0.3 is 4.74 Å². The minimum Gasteiger partial charge on any atom is -0.378 e. The number of hydrogen-bond donors (Lipinski definition) is 1. The van der Waals surface area contributed by atoms with Gasteiger partial charge in [-0.2, -0.15) is 0 Å². The summed E-state index contributed by atoms with van der Waals surface area (Å²) in [4.78, 5) is 0. The van der Waals surface area contributed by atoms with E-state index in [4.69, 9.17) is 9.88 Å². The molecule has 5 heteroatoms. The van der Waals surface area contributed by atoms with Crippen LogP contribution in [0.2, 0.25) is 0 Å². The van der Waals surface area contributed by atoms with Crippen molar-refractivity contribution in [3.05, 3.63) is 0 Å². The molecule has 0 aliphatic carbocycles. The Kier molecular flexibility index (Phi) is 2.51. The summed E-state index contributed by atoms with van der Waals surface area (Å²) in [6, 6.07) is 0. The molecule has 4 nitrogen and oxygen atoms in total. The molecule has 2 atom stereocenters. The number of ether oxygens (including phenoxy) is 1. The van der Waals surface area contributed by atoms with E-state index >= 15 is 0 Å². The van der Waals surface area contributed by atoms with Crippen LogP contribution in [0, 0.1) is 5.92 Å². The Morgan fingerprint density at radius 3 is 2.64 bits per heavy atom. The van der Waals surface area contributed by atoms with Crippen molar-refractivity contribution in [2.75, 3.05) is 12.4 Å². The molecule has 0 unspecified atom stereocenters. The normalized spacial score (nSPS) is 32.5. The highest BCUT2D eigenvalue weighted by Gasteiger charge is 2.27. The van der Waals surface area contributed by atoms with E-state index < -0.39 is 10.0 Å². The van der Waals surface area contributed by atoms with E-state index in [0.717, 1.165) is 6.42 Å². The number of nitrogens with two attached hydrogens (primary N) is 1. The highest BCUT2D eigenvalue weighted by molar-refractivity contribution is 7.89. The summed E-state index contributed by atoms with van der Waals surface area (Å²) in [5.74, 6) is 0.138. The number of rotatable bonds is 2.